The minimum Gasteiger partial charge on any atom is -0.341 e. The minimum absolute atomic E-state index is 0.0427. The Morgan fingerprint density at radius 1 is 1.32 bits per heavy atom. The molecule has 1 atom stereocenters. The van der Waals surface area contributed by atoms with Gasteiger partial charge in [-0.25, -0.2) is 0 Å². The maximum atomic E-state index is 12.0. The van der Waals surface area contributed by atoms with Crippen LogP contribution in [-0.4, -0.2) is 35.2 Å². The highest BCUT2D eigenvalue weighted by Crippen LogP contribution is 2.19. The first kappa shape index (κ1) is 16.1. The molecule has 0 unspecified atom stereocenters. The van der Waals surface area contributed by atoms with Crippen molar-refractivity contribution in [3.63, 3.8) is 0 Å². The zero-order valence-corrected chi connectivity index (χ0v) is 13.0. The number of rotatable bonds is 5. The zero-order valence-electron chi connectivity index (χ0n) is 12.1. The molecule has 1 rings (SSSR count). The van der Waals surface area contributed by atoms with Crippen molar-refractivity contribution in [2.24, 2.45) is 0 Å². The Kier molecular flexibility index (Phi) is 5.88. The van der Waals surface area contributed by atoms with E-state index in [1.54, 1.807) is 23.7 Å². The van der Waals surface area contributed by atoms with Crippen LogP contribution < -0.4 is 5.73 Å². The van der Waals surface area contributed by atoms with Crippen molar-refractivity contribution in [1.82, 2.24) is 10.6 Å². The van der Waals surface area contributed by atoms with E-state index >= 15 is 0 Å². The average molecular weight is 279 g/mol. The lowest BCUT2D eigenvalue weighted by molar-refractivity contribution is -0.134. The van der Waals surface area contributed by atoms with E-state index in [4.69, 9.17) is 5.73 Å². The van der Waals surface area contributed by atoms with Crippen molar-refractivity contribution in [3.8, 4) is 0 Å². The third-order valence-electron chi connectivity index (χ3n) is 3.00. The molecule has 0 bridgehead atoms. The summed E-state index contributed by atoms with van der Waals surface area (Å²) in [6, 6.07) is 9.65. The summed E-state index contributed by atoms with van der Waals surface area (Å²) in [6.45, 7) is 6.01. The summed E-state index contributed by atoms with van der Waals surface area (Å²) in [5, 5.41) is 0. The number of benzene rings is 1. The summed E-state index contributed by atoms with van der Waals surface area (Å²) < 4.78 is 0. The van der Waals surface area contributed by atoms with E-state index in [-0.39, 0.29) is 23.9 Å². The molecule has 105 valence electrons. The Morgan fingerprint density at radius 3 is 2.42 bits per heavy atom. The molecule has 0 aromatic heterocycles. The molecule has 1 N–H and O–H groups in total. The highest BCUT2D eigenvalue weighted by Gasteiger charge is 2.23. The van der Waals surface area contributed by atoms with Crippen LogP contribution in [0.1, 0.15) is 27.2 Å². The fraction of sp³-hybridized carbons (Fsp3) is 0.533. The summed E-state index contributed by atoms with van der Waals surface area (Å²) >= 11 is 1.63. The van der Waals surface area contributed by atoms with Gasteiger partial charge in [0, 0.05) is 35.7 Å². The van der Waals surface area contributed by atoms with Gasteiger partial charge in [-0.1, -0.05) is 18.2 Å². The Balaban J connectivity index is 2.39. The lowest BCUT2D eigenvalue weighted by atomic mass is 10.1. The first-order valence-electron chi connectivity index (χ1n) is 6.46. The third-order valence-corrected chi connectivity index (χ3v) is 4.17. The van der Waals surface area contributed by atoms with Gasteiger partial charge in [-0.05, 0) is 32.9 Å². The van der Waals surface area contributed by atoms with Crippen molar-refractivity contribution in [2.45, 2.75) is 43.7 Å². The van der Waals surface area contributed by atoms with Gasteiger partial charge in [0.15, 0.2) is 0 Å². The minimum atomic E-state index is -0.359. The van der Waals surface area contributed by atoms with Gasteiger partial charge in [0.25, 0.3) is 0 Å². The topological polar surface area (TPSA) is 44.1 Å². The van der Waals surface area contributed by atoms with Crippen LogP contribution in [0.15, 0.2) is 35.2 Å². The molecule has 3 nitrogen and oxygen atoms in total. The molecular weight excluding hydrogens is 256 g/mol. The largest absolute Gasteiger partial charge is 0.341 e. The summed E-state index contributed by atoms with van der Waals surface area (Å²) in [6.07, 6.45) is 0.285. The lowest BCUT2D eigenvalue weighted by Gasteiger charge is -2.32. The first-order valence-corrected chi connectivity index (χ1v) is 7.45. The quantitative estimate of drug-likeness (QED) is 0.777. The van der Waals surface area contributed by atoms with Gasteiger partial charge in [0.05, 0.1) is 0 Å². The Morgan fingerprint density at radius 2 is 1.89 bits per heavy atom. The van der Waals surface area contributed by atoms with Gasteiger partial charge in [-0.2, -0.15) is 0 Å². The Bertz CT molecular complexity index is 400. The fourth-order valence-electron chi connectivity index (χ4n) is 1.49. The van der Waals surface area contributed by atoms with Crippen LogP contribution in [0.5, 0.6) is 0 Å². The van der Waals surface area contributed by atoms with Crippen LogP contribution >= 0.6 is 11.8 Å². The van der Waals surface area contributed by atoms with Crippen molar-refractivity contribution < 1.29 is 4.79 Å². The molecule has 0 saturated carbocycles. The van der Waals surface area contributed by atoms with E-state index in [0.29, 0.717) is 5.75 Å². The maximum Gasteiger partial charge on any atom is 0.224 e. The molecule has 1 aromatic carbocycles. The number of nitrogens with one attached hydrogen (secondary N) is 1. The zero-order chi connectivity index (χ0) is 14.5. The van der Waals surface area contributed by atoms with Crippen LogP contribution in [0.4, 0.5) is 0 Å². The fourth-order valence-corrected chi connectivity index (χ4v) is 2.36. The molecular formula is C15H23N2OS. The summed E-state index contributed by atoms with van der Waals surface area (Å²) in [7, 11) is 1.80. The van der Waals surface area contributed by atoms with Crippen LogP contribution in [0.25, 0.3) is 0 Å². The molecule has 1 radical (unpaired) electrons. The molecule has 1 aromatic rings. The third kappa shape index (κ3) is 5.66. The lowest BCUT2D eigenvalue weighted by Crippen LogP contribution is -2.44. The number of hydrogen-bond donors (Lipinski definition) is 0. The van der Waals surface area contributed by atoms with E-state index in [1.165, 1.54) is 0 Å². The summed E-state index contributed by atoms with van der Waals surface area (Å²) in [5.74, 6) is 0.689. The van der Waals surface area contributed by atoms with Gasteiger partial charge in [-0.15, -0.1) is 11.8 Å². The van der Waals surface area contributed by atoms with Crippen molar-refractivity contribution in [1.29, 1.82) is 0 Å². The maximum absolute atomic E-state index is 12.0. The number of thioether (sulfide) groups is 1. The predicted molar refractivity (Wildman–Crippen MR) is 81.2 cm³/mol. The smallest absolute Gasteiger partial charge is 0.224 e. The van der Waals surface area contributed by atoms with Crippen molar-refractivity contribution in [3.05, 3.63) is 30.3 Å². The highest BCUT2D eigenvalue weighted by atomic mass is 32.2. The van der Waals surface area contributed by atoms with E-state index < -0.39 is 0 Å². The van der Waals surface area contributed by atoms with Gasteiger partial charge in [-0.3, -0.25) is 10.5 Å². The second kappa shape index (κ2) is 6.96. The van der Waals surface area contributed by atoms with Crippen LogP contribution in [0, 0.1) is 0 Å². The monoisotopic (exact) mass is 279 g/mol. The number of amides is 1. The summed E-state index contributed by atoms with van der Waals surface area (Å²) in [4.78, 5) is 14.9. The van der Waals surface area contributed by atoms with Crippen molar-refractivity contribution in [2.75, 3.05) is 12.8 Å². The van der Waals surface area contributed by atoms with Crippen LogP contribution in [0.2, 0.25) is 0 Å². The highest BCUT2D eigenvalue weighted by molar-refractivity contribution is 7.99. The molecule has 4 heteroatoms. The van der Waals surface area contributed by atoms with E-state index in [0.717, 1.165) is 4.90 Å². The summed E-state index contributed by atoms with van der Waals surface area (Å²) in [5.41, 5.74) is 7.80. The van der Waals surface area contributed by atoms with Gasteiger partial charge in [0.1, 0.15) is 0 Å². The molecule has 0 heterocycles. The molecule has 0 aliphatic heterocycles. The molecule has 0 aliphatic rings. The standard InChI is InChI=1S/C15H23N2OS/c1-15(2,3)17(4)14(18)10-12(16)11-19-13-8-6-5-7-9-13/h5-9,12,16H,10-11H2,1-4H3/t12-/m1/s1. The SMILES string of the molecule is CN(C(=O)C[C@@H]([NH])CSc1ccccc1)C(C)(C)C. The number of hydrogen-bond acceptors (Lipinski definition) is 2. The van der Waals surface area contributed by atoms with Gasteiger partial charge in [0.2, 0.25) is 5.91 Å². The van der Waals surface area contributed by atoms with Crippen LogP contribution in [0.3, 0.4) is 0 Å². The molecule has 1 amide bonds. The normalized spacial score (nSPS) is 13.1. The molecule has 0 fully saturated rings. The first-order chi connectivity index (χ1) is 8.80. The van der Waals surface area contributed by atoms with E-state index in [2.05, 4.69) is 0 Å². The average Bonchev–Trinajstić information content (AvgIpc) is 2.35. The molecule has 0 aliphatic carbocycles. The van der Waals surface area contributed by atoms with Gasteiger partial charge >= 0.3 is 0 Å². The number of nitrogens with zero attached hydrogens (tertiary/aromatic N) is 1. The Hall–Kier alpha value is -1.00. The Labute approximate surface area is 120 Å². The predicted octanol–water partition coefficient (Wildman–Crippen LogP) is 3.08. The second-order valence-corrected chi connectivity index (χ2v) is 6.74. The second-order valence-electron chi connectivity index (χ2n) is 5.65. The van der Waals surface area contributed by atoms with Crippen LogP contribution in [-0.2, 0) is 4.79 Å². The number of carbonyl (C=O) groups is 1. The molecule has 0 spiro atoms. The van der Waals surface area contributed by atoms with E-state index in [1.807, 2.05) is 51.1 Å². The molecule has 0 saturated heterocycles. The van der Waals surface area contributed by atoms with E-state index in [9.17, 15) is 4.79 Å². The van der Waals surface area contributed by atoms with Gasteiger partial charge < -0.3 is 4.90 Å². The van der Waals surface area contributed by atoms with Crippen molar-refractivity contribution >= 4 is 17.7 Å². The number of carbonyl (C=O) groups excluding carboxylic acids is 1. The molecule has 19 heavy (non-hydrogen) atoms.